The first-order chi connectivity index (χ1) is 11.1. The van der Waals surface area contributed by atoms with Gasteiger partial charge in [-0.3, -0.25) is 5.32 Å². The summed E-state index contributed by atoms with van der Waals surface area (Å²) >= 11 is 0. The van der Waals surface area contributed by atoms with Crippen LogP contribution in [0.4, 0.5) is 10.6 Å². The first-order valence-electron chi connectivity index (χ1n) is 8.07. The Bertz CT molecular complexity index is 673. The van der Waals surface area contributed by atoms with Crippen LogP contribution in [0.25, 0.3) is 0 Å². The molecule has 2 aromatic heterocycles. The Balaban J connectivity index is 1.50. The highest BCUT2D eigenvalue weighted by atomic mass is 16.2. The molecule has 122 valence electrons. The van der Waals surface area contributed by atoms with E-state index in [0.29, 0.717) is 11.7 Å². The van der Waals surface area contributed by atoms with Crippen LogP contribution >= 0.6 is 0 Å². The van der Waals surface area contributed by atoms with E-state index in [1.165, 1.54) is 0 Å². The van der Waals surface area contributed by atoms with Crippen molar-refractivity contribution in [3.05, 3.63) is 42.1 Å². The van der Waals surface area contributed by atoms with Gasteiger partial charge >= 0.3 is 6.03 Å². The lowest BCUT2D eigenvalue weighted by molar-refractivity contribution is 0.181. The molecule has 23 heavy (non-hydrogen) atoms. The van der Waals surface area contributed by atoms with Gasteiger partial charge in [-0.2, -0.15) is 0 Å². The number of amides is 2. The highest BCUT2D eigenvalue weighted by molar-refractivity contribution is 5.88. The van der Waals surface area contributed by atoms with Gasteiger partial charge in [0.25, 0.3) is 0 Å². The minimum atomic E-state index is -0.0569. The molecule has 6 nitrogen and oxygen atoms in total. The molecular formula is C17H23N5O. The average Bonchev–Trinajstić information content (AvgIpc) is 2.93. The van der Waals surface area contributed by atoms with E-state index in [1.807, 2.05) is 49.5 Å². The number of carbonyl (C=O) groups is 1. The van der Waals surface area contributed by atoms with Gasteiger partial charge in [-0.1, -0.05) is 6.07 Å². The molecule has 0 atom stereocenters. The van der Waals surface area contributed by atoms with E-state index in [4.69, 9.17) is 0 Å². The largest absolute Gasteiger partial charge is 0.338 e. The van der Waals surface area contributed by atoms with Crippen molar-refractivity contribution in [1.82, 2.24) is 19.4 Å². The van der Waals surface area contributed by atoms with Gasteiger partial charge < -0.3 is 9.47 Å². The fraction of sp³-hybridized carbons (Fsp3) is 0.471. The lowest BCUT2D eigenvalue weighted by Crippen LogP contribution is -2.41. The number of imidazole rings is 1. The summed E-state index contributed by atoms with van der Waals surface area (Å²) in [4.78, 5) is 22.9. The molecule has 0 unspecified atom stereocenters. The second kappa shape index (κ2) is 6.81. The summed E-state index contributed by atoms with van der Waals surface area (Å²) in [5.41, 5.74) is 0.900. The molecule has 0 saturated carbocycles. The smallest absolute Gasteiger partial charge is 0.323 e. The third kappa shape index (κ3) is 3.88. The summed E-state index contributed by atoms with van der Waals surface area (Å²) in [5, 5.41) is 2.88. The Labute approximate surface area is 136 Å². The van der Waals surface area contributed by atoms with Gasteiger partial charge in [-0.15, -0.1) is 0 Å². The second-order valence-corrected chi connectivity index (χ2v) is 6.18. The van der Waals surface area contributed by atoms with Gasteiger partial charge in [0.15, 0.2) is 0 Å². The van der Waals surface area contributed by atoms with Crippen LogP contribution < -0.4 is 5.32 Å². The first-order valence-corrected chi connectivity index (χ1v) is 8.07. The number of carbonyl (C=O) groups excluding carboxylic acids is 1. The maximum absolute atomic E-state index is 12.3. The number of nitrogens with one attached hydrogen (secondary N) is 1. The van der Waals surface area contributed by atoms with Gasteiger partial charge in [0.1, 0.15) is 11.6 Å². The van der Waals surface area contributed by atoms with Crippen molar-refractivity contribution in [2.45, 2.75) is 26.2 Å². The predicted molar refractivity (Wildman–Crippen MR) is 89.2 cm³/mol. The van der Waals surface area contributed by atoms with Gasteiger partial charge in [0.2, 0.25) is 0 Å². The summed E-state index contributed by atoms with van der Waals surface area (Å²) in [7, 11) is 2.03. The summed E-state index contributed by atoms with van der Waals surface area (Å²) in [5.74, 6) is 2.33. The van der Waals surface area contributed by atoms with E-state index >= 15 is 0 Å². The fourth-order valence-electron chi connectivity index (χ4n) is 2.99. The van der Waals surface area contributed by atoms with Crippen LogP contribution in [-0.4, -0.2) is 38.6 Å². The number of pyridine rings is 1. The van der Waals surface area contributed by atoms with Crippen LogP contribution in [0.2, 0.25) is 0 Å². The molecule has 1 aliphatic rings. The zero-order valence-electron chi connectivity index (χ0n) is 13.7. The maximum Gasteiger partial charge on any atom is 0.323 e. The minimum Gasteiger partial charge on any atom is -0.338 e. The van der Waals surface area contributed by atoms with E-state index < -0.39 is 0 Å². The fourth-order valence-corrected chi connectivity index (χ4v) is 2.99. The number of piperidine rings is 1. The summed E-state index contributed by atoms with van der Waals surface area (Å²) in [6.07, 6.45) is 6.83. The molecule has 0 spiro atoms. The lowest BCUT2D eigenvalue weighted by atomic mass is 9.93. The number of hydrogen-bond acceptors (Lipinski definition) is 3. The number of aryl methyl sites for hydroxylation is 2. The first kappa shape index (κ1) is 15.5. The Hall–Kier alpha value is -2.37. The topological polar surface area (TPSA) is 63.1 Å². The standard InChI is InChI=1S/C17H23N5O/c1-13-4-3-5-15(19-13)20-17(23)22-9-6-14(7-10-22)12-16-18-8-11-21(16)2/h3-5,8,11,14H,6-7,9-10,12H2,1-2H3,(H,19,20,23). The van der Waals surface area contributed by atoms with Gasteiger partial charge in [0, 0.05) is 44.6 Å². The van der Waals surface area contributed by atoms with E-state index in [-0.39, 0.29) is 6.03 Å². The molecule has 2 amide bonds. The van der Waals surface area contributed by atoms with Gasteiger partial charge in [-0.05, 0) is 37.8 Å². The molecule has 1 aliphatic heterocycles. The van der Waals surface area contributed by atoms with Crippen LogP contribution in [0, 0.1) is 12.8 Å². The molecule has 1 fully saturated rings. The van der Waals surface area contributed by atoms with E-state index in [9.17, 15) is 4.79 Å². The molecule has 2 aromatic rings. The van der Waals surface area contributed by atoms with Crippen LogP contribution in [0.15, 0.2) is 30.6 Å². The number of rotatable bonds is 3. The Morgan fingerprint density at radius 1 is 1.35 bits per heavy atom. The number of likely N-dealkylation sites (tertiary alicyclic amines) is 1. The molecule has 0 aliphatic carbocycles. The summed E-state index contributed by atoms with van der Waals surface area (Å²) in [6.45, 7) is 3.48. The van der Waals surface area contributed by atoms with Crippen molar-refractivity contribution in [2.75, 3.05) is 18.4 Å². The molecule has 6 heteroatoms. The summed E-state index contributed by atoms with van der Waals surface area (Å²) < 4.78 is 2.07. The minimum absolute atomic E-state index is 0.0569. The molecule has 3 heterocycles. The second-order valence-electron chi connectivity index (χ2n) is 6.18. The highest BCUT2D eigenvalue weighted by Crippen LogP contribution is 2.21. The molecule has 0 bridgehead atoms. The molecule has 3 rings (SSSR count). The normalized spacial score (nSPS) is 15.7. The highest BCUT2D eigenvalue weighted by Gasteiger charge is 2.24. The number of anilines is 1. The molecule has 1 N–H and O–H groups in total. The Kier molecular flexibility index (Phi) is 4.60. The zero-order valence-corrected chi connectivity index (χ0v) is 13.7. The number of hydrogen-bond donors (Lipinski definition) is 1. The van der Waals surface area contributed by atoms with Crippen molar-refractivity contribution < 1.29 is 4.79 Å². The molecular weight excluding hydrogens is 290 g/mol. The van der Waals surface area contributed by atoms with Gasteiger partial charge in [-0.25, -0.2) is 14.8 Å². The average molecular weight is 313 g/mol. The number of urea groups is 1. The lowest BCUT2D eigenvalue weighted by Gasteiger charge is -2.31. The Morgan fingerprint density at radius 2 is 2.13 bits per heavy atom. The van der Waals surface area contributed by atoms with Crippen molar-refractivity contribution in [1.29, 1.82) is 0 Å². The maximum atomic E-state index is 12.3. The predicted octanol–water partition coefficient (Wildman–Crippen LogP) is 2.61. The van der Waals surface area contributed by atoms with Gasteiger partial charge in [0.05, 0.1) is 0 Å². The molecule has 0 aromatic carbocycles. The third-order valence-corrected chi connectivity index (χ3v) is 4.42. The van der Waals surface area contributed by atoms with Crippen molar-refractivity contribution in [3.63, 3.8) is 0 Å². The quantitative estimate of drug-likeness (QED) is 0.947. The SMILES string of the molecule is Cc1cccc(NC(=O)N2CCC(Cc3nccn3C)CC2)n1. The van der Waals surface area contributed by atoms with Crippen LogP contribution in [0.5, 0.6) is 0 Å². The Morgan fingerprint density at radius 3 is 2.78 bits per heavy atom. The third-order valence-electron chi connectivity index (χ3n) is 4.42. The monoisotopic (exact) mass is 313 g/mol. The van der Waals surface area contributed by atoms with Crippen LogP contribution in [0.1, 0.15) is 24.4 Å². The van der Waals surface area contributed by atoms with Crippen molar-refractivity contribution >= 4 is 11.8 Å². The molecule has 1 saturated heterocycles. The van der Waals surface area contributed by atoms with E-state index in [1.54, 1.807) is 0 Å². The van der Waals surface area contributed by atoms with Crippen LogP contribution in [-0.2, 0) is 13.5 Å². The number of aromatic nitrogens is 3. The van der Waals surface area contributed by atoms with E-state index in [0.717, 1.165) is 43.9 Å². The summed E-state index contributed by atoms with van der Waals surface area (Å²) in [6, 6.07) is 5.58. The molecule has 0 radical (unpaired) electrons. The van der Waals surface area contributed by atoms with Crippen molar-refractivity contribution in [3.8, 4) is 0 Å². The zero-order chi connectivity index (χ0) is 16.2. The van der Waals surface area contributed by atoms with Crippen LogP contribution in [0.3, 0.4) is 0 Å². The van der Waals surface area contributed by atoms with Crippen molar-refractivity contribution in [2.24, 2.45) is 13.0 Å². The van der Waals surface area contributed by atoms with E-state index in [2.05, 4.69) is 19.9 Å². The number of nitrogens with zero attached hydrogens (tertiary/aromatic N) is 4.